The molecule has 1 atom stereocenters. The van der Waals surface area contributed by atoms with Crippen LogP contribution in [0.5, 0.6) is 11.6 Å². The molecule has 0 aliphatic heterocycles. The van der Waals surface area contributed by atoms with Crippen molar-refractivity contribution in [2.75, 3.05) is 20.2 Å². The Labute approximate surface area is 153 Å². The van der Waals surface area contributed by atoms with Gasteiger partial charge in [0.15, 0.2) is 17.5 Å². The maximum absolute atomic E-state index is 13.6. The predicted octanol–water partition coefficient (Wildman–Crippen LogP) is 2.75. The van der Waals surface area contributed by atoms with E-state index in [0.717, 1.165) is 5.56 Å². The van der Waals surface area contributed by atoms with Gasteiger partial charge in [-0.3, -0.25) is 4.99 Å². The lowest BCUT2D eigenvalue weighted by Crippen LogP contribution is -2.41. The fourth-order valence-corrected chi connectivity index (χ4v) is 2.23. The van der Waals surface area contributed by atoms with E-state index in [-0.39, 0.29) is 17.7 Å². The number of ether oxygens (including phenoxy) is 2. The van der Waals surface area contributed by atoms with Crippen molar-refractivity contribution in [3.05, 3.63) is 54.0 Å². The van der Waals surface area contributed by atoms with Crippen LogP contribution in [0.1, 0.15) is 19.4 Å². The molecule has 0 aliphatic carbocycles. The van der Waals surface area contributed by atoms with E-state index in [0.29, 0.717) is 31.5 Å². The van der Waals surface area contributed by atoms with Crippen molar-refractivity contribution in [3.8, 4) is 11.6 Å². The second-order valence-electron chi connectivity index (χ2n) is 5.60. The van der Waals surface area contributed by atoms with E-state index in [9.17, 15) is 4.39 Å². The standard InChI is InChI=1S/C19H25FN4O2/c1-4-25-18-11-15(9-10-22-18)13-24-19(21-3)23-12-14(2)26-17-8-6-5-7-16(17)20/h5-11,14H,4,12-13H2,1-3H3,(H2,21,23,24). The average molecular weight is 360 g/mol. The van der Waals surface area contributed by atoms with Gasteiger partial charge >= 0.3 is 0 Å². The van der Waals surface area contributed by atoms with Gasteiger partial charge in [0.2, 0.25) is 5.88 Å². The van der Waals surface area contributed by atoms with Crippen LogP contribution < -0.4 is 20.1 Å². The van der Waals surface area contributed by atoms with E-state index >= 15 is 0 Å². The molecule has 7 heteroatoms. The zero-order chi connectivity index (χ0) is 18.8. The van der Waals surface area contributed by atoms with E-state index < -0.39 is 0 Å². The van der Waals surface area contributed by atoms with Gasteiger partial charge in [-0.15, -0.1) is 0 Å². The normalized spacial score (nSPS) is 12.4. The monoisotopic (exact) mass is 360 g/mol. The number of hydrogen-bond acceptors (Lipinski definition) is 4. The third kappa shape index (κ3) is 6.23. The van der Waals surface area contributed by atoms with E-state index in [1.54, 1.807) is 31.4 Å². The molecule has 0 bridgehead atoms. The highest BCUT2D eigenvalue weighted by Crippen LogP contribution is 2.16. The molecule has 1 unspecified atom stereocenters. The molecule has 2 N–H and O–H groups in total. The number of benzene rings is 1. The highest BCUT2D eigenvalue weighted by atomic mass is 19.1. The molecule has 1 aromatic heterocycles. The summed E-state index contributed by atoms with van der Waals surface area (Å²) in [4.78, 5) is 8.32. The maximum atomic E-state index is 13.6. The molecule has 1 aromatic carbocycles. The summed E-state index contributed by atoms with van der Waals surface area (Å²) in [6.45, 7) is 5.42. The number of nitrogens with zero attached hydrogens (tertiary/aromatic N) is 2. The zero-order valence-electron chi connectivity index (χ0n) is 15.3. The molecule has 0 saturated heterocycles. The Balaban J connectivity index is 1.80. The second kappa shape index (κ2) is 10.2. The SMILES string of the molecule is CCOc1cc(CNC(=NC)NCC(C)Oc2ccccc2F)ccn1. The highest BCUT2D eigenvalue weighted by molar-refractivity contribution is 5.79. The summed E-state index contributed by atoms with van der Waals surface area (Å²) >= 11 is 0. The second-order valence-corrected chi connectivity index (χ2v) is 5.60. The van der Waals surface area contributed by atoms with Crippen molar-refractivity contribution in [1.29, 1.82) is 0 Å². The van der Waals surface area contributed by atoms with Gasteiger partial charge in [0.1, 0.15) is 6.10 Å². The first-order valence-electron chi connectivity index (χ1n) is 8.55. The van der Waals surface area contributed by atoms with Crippen LogP contribution >= 0.6 is 0 Å². The lowest BCUT2D eigenvalue weighted by molar-refractivity contribution is 0.214. The van der Waals surface area contributed by atoms with Crippen molar-refractivity contribution in [2.45, 2.75) is 26.5 Å². The number of hydrogen-bond donors (Lipinski definition) is 2. The fourth-order valence-electron chi connectivity index (χ4n) is 2.23. The Morgan fingerprint density at radius 2 is 2.08 bits per heavy atom. The molecule has 0 spiro atoms. The summed E-state index contributed by atoms with van der Waals surface area (Å²) < 4.78 is 24.6. The van der Waals surface area contributed by atoms with Gasteiger partial charge in [0.05, 0.1) is 13.2 Å². The van der Waals surface area contributed by atoms with E-state index in [1.165, 1.54) is 6.07 Å². The molecular weight excluding hydrogens is 335 g/mol. The van der Waals surface area contributed by atoms with Crippen LogP contribution in [0.3, 0.4) is 0 Å². The number of para-hydroxylation sites is 1. The van der Waals surface area contributed by atoms with Gasteiger partial charge in [0.25, 0.3) is 0 Å². The van der Waals surface area contributed by atoms with Gasteiger partial charge in [0, 0.05) is 25.9 Å². The van der Waals surface area contributed by atoms with Crippen LogP contribution in [0, 0.1) is 5.82 Å². The first-order valence-corrected chi connectivity index (χ1v) is 8.55. The average Bonchev–Trinajstić information content (AvgIpc) is 2.64. The van der Waals surface area contributed by atoms with Crippen molar-refractivity contribution >= 4 is 5.96 Å². The molecule has 0 saturated carbocycles. The minimum absolute atomic E-state index is 0.226. The maximum Gasteiger partial charge on any atom is 0.213 e. The van der Waals surface area contributed by atoms with Crippen molar-refractivity contribution < 1.29 is 13.9 Å². The van der Waals surface area contributed by atoms with E-state index in [2.05, 4.69) is 20.6 Å². The lowest BCUT2D eigenvalue weighted by Gasteiger charge is -2.18. The summed E-state index contributed by atoms with van der Waals surface area (Å²) in [5, 5.41) is 6.38. The Morgan fingerprint density at radius 3 is 2.81 bits per heavy atom. The van der Waals surface area contributed by atoms with Crippen LogP contribution in [-0.2, 0) is 6.54 Å². The molecule has 6 nitrogen and oxygen atoms in total. The van der Waals surface area contributed by atoms with Crippen molar-refractivity contribution in [2.24, 2.45) is 4.99 Å². The fraction of sp³-hybridized carbons (Fsp3) is 0.368. The minimum Gasteiger partial charge on any atom is -0.486 e. The summed E-state index contributed by atoms with van der Waals surface area (Å²) in [7, 11) is 1.69. The van der Waals surface area contributed by atoms with Gasteiger partial charge < -0.3 is 20.1 Å². The molecule has 1 heterocycles. The smallest absolute Gasteiger partial charge is 0.213 e. The Kier molecular flexibility index (Phi) is 7.67. The largest absolute Gasteiger partial charge is 0.486 e. The molecule has 140 valence electrons. The summed E-state index contributed by atoms with van der Waals surface area (Å²) in [6.07, 6.45) is 1.48. The van der Waals surface area contributed by atoms with E-state index in [1.807, 2.05) is 26.0 Å². The summed E-state index contributed by atoms with van der Waals surface area (Å²) in [6, 6.07) is 10.1. The van der Waals surface area contributed by atoms with Crippen molar-refractivity contribution in [3.63, 3.8) is 0 Å². The van der Waals surface area contributed by atoms with E-state index in [4.69, 9.17) is 9.47 Å². The molecule has 0 fully saturated rings. The number of aliphatic imine (C=N–C) groups is 1. The third-order valence-corrected chi connectivity index (χ3v) is 3.50. The number of nitrogens with one attached hydrogen (secondary N) is 2. The number of halogens is 1. The van der Waals surface area contributed by atoms with Gasteiger partial charge in [-0.2, -0.15) is 0 Å². The highest BCUT2D eigenvalue weighted by Gasteiger charge is 2.09. The molecular formula is C19H25FN4O2. The number of guanidine groups is 1. The number of rotatable bonds is 8. The molecule has 2 aromatic rings. The molecule has 0 amide bonds. The lowest BCUT2D eigenvalue weighted by atomic mass is 10.2. The molecule has 0 radical (unpaired) electrons. The number of pyridine rings is 1. The third-order valence-electron chi connectivity index (χ3n) is 3.50. The molecule has 0 aliphatic rings. The van der Waals surface area contributed by atoms with Gasteiger partial charge in [-0.25, -0.2) is 9.37 Å². The first-order chi connectivity index (χ1) is 12.6. The zero-order valence-corrected chi connectivity index (χ0v) is 15.3. The Hall–Kier alpha value is -2.83. The number of aromatic nitrogens is 1. The van der Waals surface area contributed by atoms with Gasteiger partial charge in [-0.1, -0.05) is 12.1 Å². The summed E-state index contributed by atoms with van der Waals surface area (Å²) in [5.74, 6) is 1.10. The Morgan fingerprint density at radius 1 is 1.27 bits per heavy atom. The van der Waals surface area contributed by atoms with Crippen LogP contribution in [-0.4, -0.2) is 37.2 Å². The predicted molar refractivity (Wildman–Crippen MR) is 100 cm³/mol. The van der Waals surface area contributed by atoms with Crippen LogP contribution in [0.4, 0.5) is 4.39 Å². The molecule has 2 rings (SSSR count). The first kappa shape index (κ1) is 19.5. The topological polar surface area (TPSA) is 67.8 Å². The van der Waals surface area contributed by atoms with Crippen molar-refractivity contribution in [1.82, 2.24) is 15.6 Å². The van der Waals surface area contributed by atoms with Crippen LogP contribution in [0.15, 0.2) is 47.6 Å². The summed E-state index contributed by atoms with van der Waals surface area (Å²) in [5.41, 5.74) is 1.03. The minimum atomic E-state index is -0.371. The Bertz CT molecular complexity index is 724. The van der Waals surface area contributed by atoms with Crippen LogP contribution in [0.25, 0.3) is 0 Å². The quantitative estimate of drug-likeness (QED) is 0.560. The molecule has 26 heavy (non-hydrogen) atoms. The van der Waals surface area contributed by atoms with Gasteiger partial charge in [-0.05, 0) is 37.6 Å². The van der Waals surface area contributed by atoms with Crippen LogP contribution in [0.2, 0.25) is 0 Å².